The molecule has 88 valence electrons. The van der Waals surface area contributed by atoms with E-state index in [0.717, 1.165) is 20.6 Å². The van der Waals surface area contributed by atoms with Gasteiger partial charge in [-0.2, -0.15) is 5.10 Å². The Labute approximate surface area is 113 Å². The van der Waals surface area contributed by atoms with Crippen molar-refractivity contribution in [2.24, 2.45) is 0 Å². The van der Waals surface area contributed by atoms with Gasteiger partial charge in [0.05, 0.1) is 0 Å². The molecule has 1 aliphatic carbocycles. The van der Waals surface area contributed by atoms with Crippen molar-refractivity contribution in [2.75, 3.05) is 0 Å². The number of aromatic amines is 1. The first kappa shape index (κ1) is 11.2. The van der Waals surface area contributed by atoms with Gasteiger partial charge in [-0.25, -0.2) is 0 Å². The third-order valence-electron chi connectivity index (χ3n) is 3.05. The molecule has 0 saturated heterocycles. The Hall–Kier alpha value is -0.940. The number of nitrogens with one attached hydrogen (secondary N) is 1. The Morgan fingerprint density at radius 3 is 2.88 bits per heavy atom. The van der Waals surface area contributed by atoms with Gasteiger partial charge in [-0.3, -0.25) is 9.67 Å². The summed E-state index contributed by atoms with van der Waals surface area (Å²) in [6, 6.07) is 6.81. The van der Waals surface area contributed by atoms with Crippen LogP contribution in [0.25, 0.3) is 11.4 Å². The largest absolute Gasteiger partial charge is 0.297 e. The minimum absolute atomic E-state index is 0.538. The topological polar surface area (TPSA) is 33.6 Å². The minimum Gasteiger partial charge on any atom is -0.297 e. The van der Waals surface area contributed by atoms with Crippen molar-refractivity contribution in [1.82, 2.24) is 14.8 Å². The predicted molar refractivity (Wildman–Crippen MR) is 73.6 cm³/mol. The van der Waals surface area contributed by atoms with Gasteiger partial charge < -0.3 is 0 Å². The van der Waals surface area contributed by atoms with E-state index in [1.54, 1.807) is 0 Å². The van der Waals surface area contributed by atoms with Crippen LogP contribution in [0.2, 0.25) is 0 Å². The molecule has 0 radical (unpaired) electrons. The average Bonchev–Trinajstić information content (AvgIpc) is 3.06. The first-order valence-electron chi connectivity index (χ1n) is 5.60. The standard InChI is InChI=1S/C12H12BrN3S/c1-7-2-3-8(6-10(7)13)11-14-15-12(17)16(11)9-4-5-9/h2-3,6,9H,4-5H2,1H3,(H,15,17). The van der Waals surface area contributed by atoms with Crippen LogP contribution in [0, 0.1) is 11.7 Å². The van der Waals surface area contributed by atoms with E-state index in [0.29, 0.717) is 6.04 Å². The molecule has 1 fully saturated rings. The van der Waals surface area contributed by atoms with Gasteiger partial charge >= 0.3 is 0 Å². The van der Waals surface area contributed by atoms with Crippen molar-refractivity contribution < 1.29 is 0 Å². The van der Waals surface area contributed by atoms with Gasteiger partial charge in [-0.05, 0) is 43.6 Å². The van der Waals surface area contributed by atoms with Crippen molar-refractivity contribution in [3.05, 3.63) is 33.0 Å². The van der Waals surface area contributed by atoms with Crippen molar-refractivity contribution >= 4 is 28.1 Å². The molecule has 1 N–H and O–H groups in total. The van der Waals surface area contributed by atoms with Crippen LogP contribution in [-0.4, -0.2) is 14.8 Å². The van der Waals surface area contributed by atoms with Crippen molar-refractivity contribution in [2.45, 2.75) is 25.8 Å². The van der Waals surface area contributed by atoms with Crippen LogP contribution in [0.4, 0.5) is 0 Å². The van der Waals surface area contributed by atoms with Gasteiger partial charge in [0.2, 0.25) is 0 Å². The Balaban J connectivity index is 2.14. The number of hydrogen-bond acceptors (Lipinski definition) is 2. The zero-order chi connectivity index (χ0) is 12.0. The molecular formula is C12H12BrN3S. The Bertz CT molecular complexity index is 625. The maximum Gasteiger partial charge on any atom is 0.195 e. The number of H-pyrrole nitrogens is 1. The molecule has 3 rings (SSSR count). The van der Waals surface area contributed by atoms with E-state index in [4.69, 9.17) is 12.2 Å². The molecule has 1 aliphatic rings. The summed E-state index contributed by atoms with van der Waals surface area (Å²) in [5.41, 5.74) is 2.32. The fourth-order valence-corrected chi connectivity index (χ4v) is 2.57. The first-order chi connectivity index (χ1) is 8.16. The normalized spacial score (nSPS) is 15.2. The van der Waals surface area contributed by atoms with E-state index < -0.39 is 0 Å². The Morgan fingerprint density at radius 2 is 2.24 bits per heavy atom. The molecule has 0 unspecified atom stereocenters. The maximum absolute atomic E-state index is 5.28. The van der Waals surface area contributed by atoms with Crippen LogP contribution in [-0.2, 0) is 0 Å². The van der Waals surface area contributed by atoms with E-state index in [2.05, 4.69) is 55.8 Å². The quantitative estimate of drug-likeness (QED) is 0.850. The highest BCUT2D eigenvalue weighted by molar-refractivity contribution is 9.10. The molecule has 1 aromatic heterocycles. The van der Waals surface area contributed by atoms with Gasteiger partial charge in [0.1, 0.15) is 0 Å². The highest BCUT2D eigenvalue weighted by atomic mass is 79.9. The van der Waals surface area contributed by atoms with Crippen LogP contribution in [0.5, 0.6) is 0 Å². The second-order valence-electron chi connectivity index (χ2n) is 4.42. The molecule has 3 nitrogen and oxygen atoms in total. The monoisotopic (exact) mass is 309 g/mol. The van der Waals surface area contributed by atoms with E-state index in [1.807, 2.05) is 0 Å². The average molecular weight is 310 g/mol. The first-order valence-corrected chi connectivity index (χ1v) is 6.80. The lowest BCUT2D eigenvalue weighted by molar-refractivity contribution is 0.735. The maximum atomic E-state index is 5.28. The number of hydrogen-bond donors (Lipinski definition) is 1. The molecule has 17 heavy (non-hydrogen) atoms. The summed E-state index contributed by atoms with van der Waals surface area (Å²) in [6.45, 7) is 2.08. The molecule has 0 bridgehead atoms. The zero-order valence-corrected chi connectivity index (χ0v) is 11.8. The summed E-state index contributed by atoms with van der Waals surface area (Å²) in [7, 11) is 0. The van der Waals surface area contributed by atoms with Crippen LogP contribution < -0.4 is 0 Å². The lowest BCUT2D eigenvalue weighted by atomic mass is 10.1. The lowest BCUT2D eigenvalue weighted by Crippen LogP contribution is -1.97. The summed E-state index contributed by atoms with van der Waals surface area (Å²) in [6.07, 6.45) is 2.40. The molecule has 5 heteroatoms. The second-order valence-corrected chi connectivity index (χ2v) is 5.66. The number of rotatable bonds is 2. The number of benzene rings is 1. The third-order valence-corrected chi connectivity index (χ3v) is 4.19. The van der Waals surface area contributed by atoms with Gasteiger partial charge in [0.25, 0.3) is 0 Å². The summed E-state index contributed by atoms with van der Waals surface area (Å²) >= 11 is 8.83. The van der Waals surface area contributed by atoms with E-state index in [1.165, 1.54) is 18.4 Å². The third kappa shape index (κ3) is 1.98. The van der Waals surface area contributed by atoms with Crippen molar-refractivity contribution in [3.8, 4) is 11.4 Å². The molecule has 0 aliphatic heterocycles. The zero-order valence-electron chi connectivity index (χ0n) is 9.40. The van der Waals surface area contributed by atoms with Gasteiger partial charge in [-0.1, -0.05) is 28.1 Å². The van der Waals surface area contributed by atoms with Gasteiger partial charge in [-0.15, -0.1) is 0 Å². The minimum atomic E-state index is 0.538. The Kier molecular flexibility index (Phi) is 2.67. The summed E-state index contributed by atoms with van der Waals surface area (Å²) in [4.78, 5) is 0. The number of halogens is 1. The molecule has 2 aromatic rings. The van der Waals surface area contributed by atoms with E-state index in [9.17, 15) is 0 Å². The molecule has 1 aromatic carbocycles. The van der Waals surface area contributed by atoms with Crippen LogP contribution in [0.1, 0.15) is 24.4 Å². The Morgan fingerprint density at radius 1 is 1.47 bits per heavy atom. The van der Waals surface area contributed by atoms with Crippen LogP contribution in [0.15, 0.2) is 22.7 Å². The van der Waals surface area contributed by atoms with E-state index in [-0.39, 0.29) is 0 Å². The molecule has 1 saturated carbocycles. The smallest absolute Gasteiger partial charge is 0.195 e. The van der Waals surface area contributed by atoms with Crippen molar-refractivity contribution in [1.29, 1.82) is 0 Å². The van der Waals surface area contributed by atoms with Crippen molar-refractivity contribution in [3.63, 3.8) is 0 Å². The molecule has 0 amide bonds. The summed E-state index contributed by atoms with van der Waals surface area (Å²) in [5, 5.41) is 7.23. The highest BCUT2D eigenvalue weighted by Gasteiger charge is 2.27. The fraction of sp³-hybridized carbons (Fsp3) is 0.333. The van der Waals surface area contributed by atoms with Gasteiger partial charge in [0, 0.05) is 16.1 Å². The second kappa shape index (κ2) is 4.07. The number of nitrogens with zero attached hydrogens (tertiary/aromatic N) is 2. The lowest BCUT2D eigenvalue weighted by Gasteiger charge is -2.06. The van der Waals surface area contributed by atoms with Crippen LogP contribution >= 0.6 is 28.1 Å². The molecule has 0 spiro atoms. The molecule has 0 atom stereocenters. The summed E-state index contributed by atoms with van der Waals surface area (Å²) < 4.78 is 3.96. The van der Waals surface area contributed by atoms with Crippen LogP contribution in [0.3, 0.4) is 0 Å². The SMILES string of the molecule is Cc1ccc(-c2n[nH]c(=S)n2C2CC2)cc1Br. The predicted octanol–water partition coefficient (Wildman–Crippen LogP) is 4.01. The summed E-state index contributed by atoms with van der Waals surface area (Å²) in [5.74, 6) is 0.943. The highest BCUT2D eigenvalue weighted by Crippen LogP contribution is 2.38. The van der Waals surface area contributed by atoms with Gasteiger partial charge in [0.15, 0.2) is 10.6 Å². The van der Waals surface area contributed by atoms with E-state index >= 15 is 0 Å². The number of aryl methyl sites for hydroxylation is 1. The fourth-order valence-electron chi connectivity index (χ4n) is 1.91. The molecular weight excluding hydrogens is 298 g/mol. The number of aromatic nitrogens is 3. The molecule has 1 heterocycles.